The van der Waals surface area contributed by atoms with E-state index in [1.54, 1.807) is 36.4 Å². The van der Waals surface area contributed by atoms with Crippen LogP contribution in [0.15, 0.2) is 97.1 Å². The van der Waals surface area contributed by atoms with Gasteiger partial charge in [0, 0.05) is 21.5 Å². The number of fused-ring (bicyclic) bond motifs is 6. The predicted octanol–water partition coefficient (Wildman–Crippen LogP) is 7.37. The Bertz CT molecular complexity index is 2140. The van der Waals surface area contributed by atoms with Crippen molar-refractivity contribution in [1.82, 2.24) is 9.13 Å². The first-order valence-corrected chi connectivity index (χ1v) is 12.5. The minimum absolute atomic E-state index is 0.408. The number of nitrogens with zero attached hydrogens (tertiary/aromatic N) is 6. The van der Waals surface area contributed by atoms with Crippen molar-refractivity contribution in [3.8, 4) is 35.7 Å². The summed E-state index contributed by atoms with van der Waals surface area (Å²) in [6.45, 7) is 0. The quantitative estimate of drug-likeness (QED) is 0.243. The van der Waals surface area contributed by atoms with Crippen LogP contribution in [0.1, 0.15) is 22.3 Å². The lowest BCUT2D eigenvalue weighted by molar-refractivity contribution is 1.15. The molecular weight excluding hydrogens is 492 g/mol. The largest absolute Gasteiger partial charge is 0.307 e. The standard InChI is InChI=1S/C34H16N6/c35-17-21-7-5-8-22(18-36)33(21)39-29-13-3-1-11-25(29)27-15-32-28(16-31(27)39)26-12-2-4-14-30(26)40(32)34-23(19-37)9-6-10-24(34)20-38/h1-16H. The highest BCUT2D eigenvalue weighted by molar-refractivity contribution is 6.19. The van der Waals surface area contributed by atoms with E-state index in [-0.39, 0.29) is 0 Å². The van der Waals surface area contributed by atoms with Gasteiger partial charge in [0.2, 0.25) is 0 Å². The van der Waals surface area contributed by atoms with E-state index in [2.05, 4.69) is 36.4 Å². The first-order valence-electron chi connectivity index (χ1n) is 12.5. The maximum atomic E-state index is 9.99. The molecule has 0 fully saturated rings. The molecule has 6 nitrogen and oxygen atoms in total. The lowest BCUT2D eigenvalue weighted by atomic mass is 10.1. The highest BCUT2D eigenvalue weighted by atomic mass is 15.0. The Hall–Kier alpha value is -6.34. The number of aromatic nitrogens is 2. The van der Waals surface area contributed by atoms with E-state index < -0.39 is 0 Å². The molecule has 0 radical (unpaired) electrons. The van der Waals surface area contributed by atoms with Crippen LogP contribution >= 0.6 is 0 Å². The van der Waals surface area contributed by atoms with Crippen LogP contribution in [0.25, 0.3) is 55.0 Å². The first-order chi connectivity index (χ1) is 19.7. The summed E-state index contributed by atoms with van der Waals surface area (Å²) in [7, 11) is 0. The molecule has 0 amide bonds. The van der Waals surface area contributed by atoms with Gasteiger partial charge in [0.1, 0.15) is 24.3 Å². The summed E-state index contributed by atoms with van der Waals surface area (Å²) in [6, 6.07) is 39.4. The minimum Gasteiger partial charge on any atom is -0.307 e. The van der Waals surface area contributed by atoms with Gasteiger partial charge in [-0.3, -0.25) is 0 Å². The molecule has 0 unspecified atom stereocenters. The van der Waals surface area contributed by atoms with Crippen LogP contribution in [-0.2, 0) is 0 Å². The lowest BCUT2D eigenvalue weighted by Gasteiger charge is -2.13. The van der Waals surface area contributed by atoms with Gasteiger partial charge in [-0.05, 0) is 48.5 Å². The molecule has 0 atom stereocenters. The molecule has 182 valence electrons. The third-order valence-corrected chi connectivity index (χ3v) is 7.47. The summed E-state index contributed by atoms with van der Waals surface area (Å²) in [5.74, 6) is 0. The molecule has 7 rings (SSSR count). The molecule has 0 saturated heterocycles. The van der Waals surface area contributed by atoms with Crippen molar-refractivity contribution in [2.45, 2.75) is 0 Å². The van der Waals surface area contributed by atoms with Crippen molar-refractivity contribution >= 4 is 43.6 Å². The summed E-state index contributed by atoms with van der Waals surface area (Å²) < 4.78 is 3.99. The molecule has 0 saturated carbocycles. The molecular formula is C34H16N6. The fourth-order valence-corrected chi connectivity index (χ4v) is 5.84. The van der Waals surface area contributed by atoms with E-state index in [9.17, 15) is 21.0 Å². The Kier molecular flexibility index (Phi) is 4.91. The van der Waals surface area contributed by atoms with E-state index >= 15 is 0 Å². The van der Waals surface area contributed by atoms with Crippen LogP contribution in [0.5, 0.6) is 0 Å². The zero-order valence-corrected chi connectivity index (χ0v) is 20.9. The number of rotatable bonds is 2. The molecule has 0 aliphatic rings. The SMILES string of the molecule is N#Cc1cccc(C#N)c1-n1c2ccccc2c2cc3c(cc21)c1ccccc1n3-c1c(C#N)cccc1C#N. The predicted molar refractivity (Wildman–Crippen MR) is 154 cm³/mol. The van der Waals surface area contributed by atoms with Crippen LogP contribution in [0.4, 0.5) is 0 Å². The van der Waals surface area contributed by atoms with Crippen LogP contribution in [0.2, 0.25) is 0 Å². The molecule has 0 aliphatic carbocycles. The number of hydrogen-bond donors (Lipinski definition) is 0. The van der Waals surface area contributed by atoms with Crippen molar-refractivity contribution in [1.29, 1.82) is 21.0 Å². The maximum absolute atomic E-state index is 9.99. The molecule has 2 heterocycles. The molecule has 0 aliphatic heterocycles. The molecule has 40 heavy (non-hydrogen) atoms. The molecule has 0 bridgehead atoms. The van der Waals surface area contributed by atoms with Crippen molar-refractivity contribution in [2.75, 3.05) is 0 Å². The summed E-state index contributed by atoms with van der Waals surface area (Å²) >= 11 is 0. The number of benzene rings is 5. The van der Waals surface area contributed by atoms with Gasteiger partial charge in [0.25, 0.3) is 0 Å². The highest BCUT2D eigenvalue weighted by Crippen LogP contribution is 2.41. The van der Waals surface area contributed by atoms with Crippen molar-refractivity contribution < 1.29 is 0 Å². The van der Waals surface area contributed by atoms with Crippen LogP contribution < -0.4 is 0 Å². The van der Waals surface area contributed by atoms with E-state index in [1.165, 1.54) is 0 Å². The topological polar surface area (TPSA) is 105 Å². The Morgan fingerprint density at radius 3 is 1.07 bits per heavy atom. The van der Waals surface area contributed by atoms with Crippen LogP contribution in [0, 0.1) is 45.3 Å². The van der Waals surface area contributed by atoms with Gasteiger partial charge in [-0.2, -0.15) is 21.0 Å². The fraction of sp³-hybridized carbons (Fsp3) is 0. The number of para-hydroxylation sites is 4. The monoisotopic (exact) mass is 508 g/mol. The minimum atomic E-state index is 0.408. The molecule has 6 heteroatoms. The van der Waals surface area contributed by atoms with Gasteiger partial charge >= 0.3 is 0 Å². The van der Waals surface area contributed by atoms with Gasteiger partial charge < -0.3 is 9.13 Å². The number of hydrogen-bond acceptors (Lipinski definition) is 4. The lowest BCUT2D eigenvalue weighted by Crippen LogP contribution is -2.02. The van der Waals surface area contributed by atoms with Gasteiger partial charge in [-0.15, -0.1) is 0 Å². The molecule has 2 aromatic heterocycles. The average Bonchev–Trinajstić information content (AvgIpc) is 3.50. The van der Waals surface area contributed by atoms with E-state index in [0.29, 0.717) is 33.6 Å². The zero-order chi connectivity index (χ0) is 27.4. The van der Waals surface area contributed by atoms with E-state index in [0.717, 1.165) is 43.6 Å². The van der Waals surface area contributed by atoms with Crippen molar-refractivity contribution in [3.05, 3.63) is 119 Å². The Labute approximate surface area is 228 Å². The second-order valence-corrected chi connectivity index (χ2v) is 9.44. The van der Waals surface area contributed by atoms with Gasteiger partial charge in [-0.25, -0.2) is 0 Å². The summed E-state index contributed by atoms with van der Waals surface area (Å²) in [5.41, 5.74) is 6.17. The van der Waals surface area contributed by atoms with Gasteiger partial charge in [0.15, 0.2) is 0 Å². The third-order valence-electron chi connectivity index (χ3n) is 7.47. The van der Waals surface area contributed by atoms with Crippen molar-refractivity contribution in [3.63, 3.8) is 0 Å². The highest BCUT2D eigenvalue weighted by Gasteiger charge is 2.22. The van der Waals surface area contributed by atoms with Crippen LogP contribution in [0.3, 0.4) is 0 Å². The van der Waals surface area contributed by atoms with Gasteiger partial charge in [-0.1, -0.05) is 48.5 Å². The Balaban J connectivity index is 1.73. The van der Waals surface area contributed by atoms with E-state index in [4.69, 9.17) is 0 Å². The maximum Gasteiger partial charge on any atom is 0.101 e. The molecule has 5 aromatic carbocycles. The van der Waals surface area contributed by atoms with Crippen LogP contribution in [-0.4, -0.2) is 9.13 Å². The normalized spacial score (nSPS) is 10.9. The zero-order valence-electron chi connectivity index (χ0n) is 20.9. The van der Waals surface area contributed by atoms with Crippen molar-refractivity contribution in [2.24, 2.45) is 0 Å². The summed E-state index contributed by atoms with van der Waals surface area (Å²) in [6.07, 6.45) is 0. The summed E-state index contributed by atoms with van der Waals surface area (Å²) in [5, 5.41) is 43.8. The smallest absolute Gasteiger partial charge is 0.101 e. The first kappa shape index (κ1) is 22.8. The Morgan fingerprint density at radius 2 is 0.725 bits per heavy atom. The summed E-state index contributed by atoms with van der Waals surface area (Å²) in [4.78, 5) is 0. The molecule has 0 N–H and O–H groups in total. The second-order valence-electron chi connectivity index (χ2n) is 9.44. The number of nitriles is 4. The molecule has 0 spiro atoms. The second kappa shape index (κ2) is 8.61. The molecule has 7 aromatic rings. The van der Waals surface area contributed by atoms with E-state index in [1.807, 2.05) is 57.7 Å². The third kappa shape index (κ3) is 3.00. The Morgan fingerprint density at radius 1 is 0.375 bits per heavy atom. The average molecular weight is 509 g/mol. The van der Waals surface area contributed by atoms with Gasteiger partial charge in [0.05, 0.1) is 55.7 Å². The fourth-order valence-electron chi connectivity index (χ4n) is 5.84.